The van der Waals surface area contributed by atoms with Crippen LogP contribution in [0.15, 0.2) is 0 Å². The molecule has 5 N–H and O–H groups in total. The standard InChI is InChI=1S/C16H25ClN7O8PS/c1-23(34(30,31)7-33(27,28)29)6-9-11(25)12(26)15(32-9)24-14-10(21-22-24)13(19-16(17)20-14)18-8-4-2-3-5-8/h8-9,11-12,15,25-26H,2-7H2,1H3,(H,18,19,20)(H2,27,28,29)/t9-,11-,12-,15-/m1/s1. The first-order valence-corrected chi connectivity index (χ1v) is 14.2. The van der Waals surface area contributed by atoms with Crippen molar-refractivity contribution in [3.8, 4) is 0 Å². The van der Waals surface area contributed by atoms with Crippen LogP contribution >= 0.6 is 19.2 Å². The zero-order valence-corrected chi connectivity index (χ0v) is 20.4. The molecule has 1 saturated carbocycles. The Morgan fingerprint density at radius 3 is 2.56 bits per heavy atom. The summed E-state index contributed by atoms with van der Waals surface area (Å²) in [5, 5.41) is 32.3. The summed E-state index contributed by atoms with van der Waals surface area (Å²) in [6, 6.07) is 0.199. The molecule has 190 valence electrons. The van der Waals surface area contributed by atoms with E-state index in [0.29, 0.717) is 10.1 Å². The fourth-order valence-corrected chi connectivity index (χ4v) is 7.13. The van der Waals surface area contributed by atoms with Gasteiger partial charge in [0.05, 0.1) is 0 Å². The molecule has 0 amide bonds. The van der Waals surface area contributed by atoms with Crippen molar-refractivity contribution in [1.82, 2.24) is 29.3 Å². The van der Waals surface area contributed by atoms with Crippen LogP contribution in [0.5, 0.6) is 0 Å². The van der Waals surface area contributed by atoms with Crippen molar-refractivity contribution in [3.05, 3.63) is 5.28 Å². The lowest BCUT2D eigenvalue weighted by Gasteiger charge is -2.22. The summed E-state index contributed by atoms with van der Waals surface area (Å²) in [5.41, 5.74) is -0.975. The third-order valence-electron chi connectivity index (χ3n) is 5.81. The molecule has 2 fully saturated rings. The number of halogens is 1. The second kappa shape index (κ2) is 9.52. The molecule has 15 nitrogen and oxygen atoms in total. The fourth-order valence-electron chi connectivity index (χ4n) is 4.10. The van der Waals surface area contributed by atoms with E-state index in [1.165, 1.54) is 0 Å². The van der Waals surface area contributed by atoms with E-state index in [1.54, 1.807) is 0 Å². The zero-order valence-electron chi connectivity index (χ0n) is 18.0. The summed E-state index contributed by atoms with van der Waals surface area (Å²) in [5.74, 6) is 0.376. The lowest BCUT2D eigenvalue weighted by atomic mass is 10.1. The van der Waals surface area contributed by atoms with Gasteiger partial charge in [-0.05, 0) is 24.4 Å². The highest BCUT2D eigenvalue weighted by Gasteiger charge is 2.46. The Morgan fingerprint density at radius 2 is 1.91 bits per heavy atom. The molecule has 0 spiro atoms. The van der Waals surface area contributed by atoms with Crippen molar-refractivity contribution in [2.24, 2.45) is 0 Å². The predicted octanol–water partition coefficient (Wildman–Crippen LogP) is -0.755. The van der Waals surface area contributed by atoms with E-state index in [2.05, 4.69) is 25.6 Å². The molecule has 0 radical (unpaired) electrons. The SMILES string of the molecule is CN(C[C@H]1O[C@@H](n2nnc3c(NC4CCCC4)nc(Cl)nc32)[C@H](O)[C@@H]1O)S(=O)(=O)CP(=O)(O)O. The first kappa shape index (κ1) is 25.6. The molecule has 1 aliphatic carbocycles. The molecule has 2 aromatic heterocycles. The Bertz CT molecular complexity index is 1200. The molecule has 0 bridgehead atoms. The van der Waals surface area contributed by atoms with Crippen LogP contribution in [-0.4, -0.2) is 101 Å². The minimum absolute atomic E-state index is 0.0932. The number of aliphatic hydroxyl groups is 2. The van der Waals surface area contributed by atoms with Gasteiger partial charge < -0.3 is 30.1 Å². The molecule has 0 unspecified atom stereocenters. The largest absolute Gasteiger partial charge is 0.387 e. The van der Waals surface area contributed by atoms with Gasteiger partial charge in [-0.15, -0.1) is 5.10 Å². The van der Waals surface area contributed by atoms with Crippen molar-refractivity contribution in [3.63, 3.8) is 0 Å². The molecule has 4 atom stereocenters. The van der Waals surface area contributed by atoms with Gasteiger partial charge in [0.25, 0.3) is 0 Å². The van der Waals surface area contributed by atoms with E-state index in [0.717, 1.165) is 37.4 Å². The normalized spacial score (nSPS) is 26.7. The molecule has 4 rings (SSSR count). The highest BCUT2D eigenvalue weighted by Crippen LogP contribution is 2.37. The van der Waals surface area contributed by atoms with E-state index in [-0.39, 0.29) is 22.5 Å². The number of nitrogens with zero attached hydrogens (tertiary/aromatic N) is 6. The summed E-state index contributed by atoms with van der Waals surface area (Å²) in [7, 11) is -8.13. The summed E-state index contributed by atoms with van der Waals surface area (Å²) in [6.45, 7) is -0.478. The summed E-state index contributed by atoms with van der Waals surface area (Å²) in [4.78, 5) is 26.3. The molecule has 2 aliphatic rings. The van der Waals surface area contributed by atoms with Gasteiger partial charge in [0, 0.05) is 19.6 Å². The smallest absolute Gasteiger partial charge is 0.341 e. The lowest BCUT2D eigenvalue weighted by molar-refractivity contribution is -0.0453. The van der Waals surface area contributed by atoms with E-state index >= 15 is 0 Å². The predicted molar refractivity (Wildman–Crippen MR) is 118 cm³/mol. The van der Waals surface area contributed by atoms with Crippen LogP contribution in [0.1, 0.15) is 31.9 Å². The molecule has 1 aliphatic heterocycles. The first-order chi connectivity index (χ1) is 15.9. The van der Waals surface area contributed by atoms with Crippen LogP contribution in [0.3, 0.4) is 0 Å². The molecular formula is C16H25ClN7O8PS. The summed E-state index contributed by atoms with van der Waals surface area (Å²) >= 11 is 6.09. The van der Waals surface area contributed by atoms with Crippen LogP contribution < -0.4 is 5.32 Å². The molecule has 18 heteroatoms. The molecule has 3 heterocycles. The number of rotatable bonds is 8. The number of hydrogen-bond acceptors (Lipinski definition) is 11. The van der Waals surface area contributed by atoms with Crippen molar-refractivity contribution in [2.75, 3.05) is 24.4 Å². The minimum atomic E-state index is -4.85. The van der Waals surface area contributed by atoms with Gasteiger partial charge in [-0.3, -0.25) is 4.57 Å². The molecule has 1 saturated heterocycles. The molecule has 34 heavy (non-hydrogen) atoms. The van der Waals surface area contributed by atoms with Crippen LogP contribution in [-0.2, 0) is 19.3 Å². The third-order valence-corrected chi connectivity index (χ3v) is 9.73. The number of fused-ring (bicyclic) bond motifs is 1. The molecular weight excluding hydrogens is 517 g/mol. The molecule has 2 aromatic rings. The van der Waals surface area contributed by atoms with Crippen molar-refractivity contribution in [1.29, 1.82) is 0 Å². The number of nitrogens with one attached hydrogen (secondary N) is 1. The van der Waals surface area contributed by atoms with Crippen molar-refractivity contribution < 1.29 is 37.7 Å². The maximum Gasteiger partial charge on any atom is 0.341 e. The van der Waals surface area contributed by atoms with Crippen molar-refractivity contribution in [2.45, 2.75) is 56.3 Å². The van der Waals surface area contributed by atoms with E-state index in [1.807, 2.05) is 0 Å². The van der Waals surface area contributed by atoms with Crippen molar-refractivity contribution >= 4 is 46.2 Å². The zero-order chi connectivity index (χ0) is 24.8. The van der Waals surface area contributed by atoms with Crippen LogP contribution in [0.25, 0.3) is 11.2 Å². The average molecular weight is 542 g/mol. The van der Waals surface area contributed by atoms with Gasteiger partial charge in [0.2, 0.25) is 15.3 Å². The van der Waals surface area contributed by atoms with Gasteiger partial charge in [-0.1, -0.05) is 18.1 Å². The number of hydrogen-bond donors (Lipinski definition) is 5. The number of ether oxygens (including phenoxy) is 1. The monoisotopic (exact) mass is 541 g/mol. The molecule has 0 aromatic carbocycles. The highest BCUT2D eigenvalue weighted by molar-refractivity contribution is 7.95. The second-order valence-corrected chi connectivity index (χ2v) is 12.9. The van der Waals surface area contributed by atoms with Crippen LogP contribution in [0.2, 0.25) is 5.28 Å². The first-order valence-electron chi connectivity index (χ1n) is 10.4. The van der Waals surface area contributed by atoms with Gasteiger partial charge in [0.1, 0.15) is 18.3 Å². The van der Waals surface area contributed by atoms with Gasteiger partial charge in [0.15, 0.2) is 28.7 Å². The number of anilines is 1. The van der Waals surface area contributed by atoms with E-state index < -0.39 is 54.2 Å². The summed E-state index contributed by atoms with van der Waals surface area (Å²) < 4.78 is 43.0. The number of sulfonamides is 1. The van der Waals surface area contributed by atoms with Gasteiger partial charge in [-0.25, -0.2) is 12.7 Å². The topological polar surface area (TPSA) is 213 Å². The highest BCUT2D eigenvalue weighted by atomic mass is 35.5. The van der Waals surface area contributed by atoms with Gasteiger partial charge >= 0.3 is 7.60 Å². The summed E-state index contributed by atoms with van der Waals surface area (Å²) in [6.07, 6.45) is -1.48. The average Bonchev–Trinajstić information content (AvgIpc) is 3.43. The Hall–Kier alpha value is -1.49. The maximum absolute atomic E-state index is 12.2. The van der Waals surface area contributed by atoms with Crippen LogP contribution in [0.4, 0.5) is 5.82 Å². The Labute approximate surface area is 199 Å². The third kappa shape index (κ3) is 5.34. The minimum Gasteiger partial charge on any atom is -0.387 e. The quantitative estimate of drug-likeness (QED) is 0.205. The number of aromatic nitrogens is 5. The lowest BCUT2D eigenvalue weighted by Crippen LogP contribution is -2.41. The fraction of sp³-hybridized carbons (Fsp3) is 0.750. The van der Waals surface area contributed by atoms with E-state index in [4.69, 9.17) is 26.1 Å². The van der Waals surface area contributed by atoms with Crippen LogP contribution in [0, 0.1) is 0 Å². The van der Waals surface area contributed by atoms with Gasteiger partial charge in [-0.2, -0.15) is 14.6 Å². The number of aliphatic hydroxyl groups excluding tert-OH is 2. The van der Waals surface area contributed by atoms with E-state index in [9.17, 15) is 23.2 Å². The Morgan fingerprint density at radius 1 is 1.24 bits per heavy atom. The second-order valence-electron chi connectivity index (χ2n) is 8.41. The maximum atomic E-state index is 12.2. The number of likely N-dealkylation sites (N-methyl/N-ethyl adjacent to an activating group) is 1. The Balaban J connectivity index is 1.56. The Kier molecular flexibility index (Phi) is 7.17.